The Labute approximate surface area is 325 Å². The van der Waals surface area contributed by atoms with Crippen molar-refractivity contribution in [3.63, 3.8) is 0 Å². The third kappa shape index (κ3) is 4.24. The Morgan fingerprint density at radius 2 is 0.593 bits per heavy atom. The van der Waals surface area contributed by atoms with Gasteiger partial charge in [-0.2, -0.15) is 0 Å². The number of thiophene rings is 2. The lowest BCUT2D eigenvalue weighted by Gasteiger charge is -2.36. The standard InChI is InChI=1S/C52H38S2/c1-31-5-13-37(14-6-31)51(38-15-7-32(2)8-16-38)45-27-44-42-26-36-22-24-54-50(36)30-48(42)52(39-17-9-33(3)10-18-39,40-19-11-34(4)12-20-40)46(44)28-43(45)41-25-35-21-23-53-49(35)29-47(41)51/h5-30H,1-4H3. The normalized spacial score (nSPS) is 14.6. The first-order valence-corrected chi connectivity index (χ1v) is 20.6. The Morgan fingerprint density at radius 3 is 0.907 bits per heavy atom. The number of hydrogen-bond acceptors (Lipinski definition) is 2. The topological polar surface area (TPSA) is 0 Å². The molecule has 0 unspecified atom stereocenters. The van der Waals surface area contributed by atoms with Gasteiger partial charge in [0.1, 0.15) is 0 Å². The molecule has 0 fully saturated rings. The molecule has 2 heteroatoms. The van der Waals surface area contributed by atoms with Crippen molar-refractivity contribution in [2.24, 2.45) is 0 Å². The lowest BCUT2D eigenvalue weighted by Crippen LogP contribution is -2.30. The molecular formula is C52H38S2. The molecule has 54 heavy (non-hydrogen) atoms. The zero-order chi connectivity index (χ0) is 36.3. The van der Waals surface area contributed by atoms with E-state index in [9.17, 15) is 0 Å². The zero-order valence-corrected chi connectivity index (χ0v) is 32.5. The van der Waals surface area contributed by atoms with Gasteiger partial charge in [0, 0.05) is 9.40 Å². The molecule has 2 aliphatic carbocycles. The van der Waals surface area contributed by atoms with E-state index in [1.807, 2.05) is 22.7 Å². The lowest BCUT2D eigenvalue weighted by molar-refractivity contribution is 0.759. The summed E-state index contributed by atoms with van der Waals surface area (Å²) >= 11 is 3.68. The summed E-state index contributed by atoms with van der Waals surface area (Å²) in [4.78, 5) is 0. The summed E-state index contributed by atoms with van der Waals surface area (Å²) in [7, 11) is 0. The van der Waals surface area contributed by atoms with Crippen molar-refractivity contribution < 1.29 is 0 Å². The summed E-state index contributed by atoms with van der Waals surface area (Å²) in [6.45, 7) is 8.77. The molecule has 2 heterocycles. The first-order chi connectivity index (χ1) is 26.3. The third-order valence-corrected chi connectivity index (χ3v) is 14.2. The highest BCUT2D eigenvalue weighted by molar-refractivity contribution is 7.17. The van der Waals surface area contributed by atoms with E-state index >= 15 is 0 Å². The predicted octanol–water partition coefficient (Wildman–Crippen LogP) is 14.1. The predicted molar refractivity (Wildman–Crippen MR) is 231 cm³/mol. The van der Waals surface area contributed by atoms with Crippen LogP contribution in [0.2, 0.25) is 0 Å². The quantitative estimate of drug-likeness (QED) is 0.169. The molecule has 7 aromatic carbocycles. The van der Waals surface area contributed by atoms with Gasteiger partial charge in [-0.05, 0) is 165 Å². The van der Waals surface area contributed by atoms with Crippen molar-refractivity contribution in [1.82, 2.24) is 0 Å². The van der Waals surface area contributed by atoms with Crippen LogP contribution >= 0.6 is 22.7 Å². The first kappa shape index (κ1) is 31.9. The molecule has 258 valence electrons. The Kier molecular flexibility index (Phi) is 6.79. The fourth-order valence-electron chi connectivity index (χ4n) is 9.83. The lowest BCUT2D eigenvalue weighted by atomic mass is 9.65. The second kappa shape index (κ2) is 11.5. The molecule has 0 aliphatic heterocycles. The Hall–Kier alpha value is -5.54. The van der Waals surface area contributed by atoms with Crippen molar-refractivity contribution in [3.05, 3.63) is 223 Å². The van der Waals surface area contributed by atoms with Crippen LogP contribution < -0.4 is 0 Å². The number of aryl methyl sites for hydroxylation is 4. The summed E-state index contributed by atoms with van der Waals surface area (Å²) in [6, 6.07) is 57.2. The average molecular weight is 727 g/mol. The van der Waals surface area contributed by atoms with Gasteiger partial charge >= 0.3 is 0 Å². The monoisotopic (exact) mass is 726 g/mol. The fourth-order valence-corrected chi connectivity index (χ4v) is 11.5. The molecule has 9 aromatic rings. The smallest absolute Gasteiger partial charge is 0.0714 e. The van der Waals surface area contributed by atoms with E-state index in [0.717, 1.165) is 0 Å². The molecule has 0 amide bonds. The van der Waals surface area contributed by atoms with Crippen LogP contribution in [0, 0.1) is 27.7 Å². The Bertz CT molecular complexity index is 2640. The van der Waals surface area contributed by atoms with Crippen LogP contribution in [0.4, 0.5) is 0 Å². The number of rotatable bonds is 4. The van der Waals surface area contributed by atoms with E-state index in [2.05, 4.69) is 184 Å². The fraction of sp³-hybridized carbons (Fsp3) is 0.115. The molecule has 0 radical (unpaired) electrons. The minimum absolute atomic E-state index is 0.495. The molecular weight excluding hydrogens is 689 g/mol. The molecule has 2 aromatic heterocycles. The second-order valence-corrected chi connectivity index (χ2v) is 17.5. The van der Waals surface area contributed by atoms with Gasteiger partial charge in [0.05, 0.1) is 10.8 Å². The highest BCUT2D eigenvalue weighted by Crippen LogP contribution is 2.63. The molecule has 0 saturated carbocycles. The van der Waals surface area contributed by atoms with Crippen LogP contribution in [-0.4, -0.2) is 0 Å². The summed E-state index contributed by atoms with van der Waals surface area (Å²) in [6.07, 6.45) is 0. The zero-order valence-electron chi connectivity index (χ0n) is 30.8. The van der Waals surface area contributed by atoms with E-state index in [1.165, 1.54) is 109 Å². The van der Waals surface area contributed by atoms with Crippen LogP contribution in [0.25, 0.3) is 42.4 Å². The first-order valence-electron chi connectivity index (χ1n) is 18.9. The Balaban J connectivity index is 1.34. The number of hydrogen-bond donors (Lipinski definition) is 0. The summed E-state index contributed by atoms with van der Waals surface area (Å²) in [5.74, 6) is 0. The SMILES string of the molecule is Cc1ccc(C2(c3ccc(C)cc3)c3cc4c(cc3-c3cc5ccsc5cc32)C(c2ccc(C)cc2)(c2ccc(C)cc2)c2cc3sccc3cc2-4)cc1. The maximum Gasteiger partial charge on any atom is 0.0714 e. The summed E-state index contributed by atoms with van der Waals surface area (Å²) in [5, 5.41) is 7.09. The van der Waals surface area contributed by atoms with Gasteiger partial charge in [-0.15, -0.1) is 22.7 Å². The van der Waals surface area contributed by atoms with Crippen LogP contribution in [0.5, 0.6) is 0 Å². The van der Waals surface area contributed by atoms with Crippen molar-refractivity contribution >= 4 is 42.8 Å². The highest BCUT2D eigenvalue weighted by atomic mass is 32.1. The molecule has 0 N–H and O–H groups in total. The average Bonchev–Trinajstić information content (AvgIpc) is 3.96. The van der Waals surface area contributed by atoms with Gasteiger partial charge < -0.3 is 0 Å². The van der Waals surface area contributed by atoms with Crippen LogP contribution in [-0.2, 0) is 10.8 Å². The molecule has 0 saturated heterocycles. The minimum atomic E-state index is -0.495. The van der Waals surface area contributed by atoms with E-state index in [0.29, 0.717) is 0 Å². The highest BCUT2D eigenvalue weighted by Gasteiger charge is 2.51. The van der Waals surface area contributed by atoms with Gasteiger partial charge in [0.25, 0.3) is 0 Å². The van der Waals surface area contributed by atoms with E-state index in [4.69, 9.17) is 0 Å². The maximum absolute atomic E-state index is 2.61. The largest absolute Gasteiger partial charge is 0.144 e. The van der Waals surface area contributed by atoms with E-state index in [1.54, 1.807) is 0 Å². The minimum Gasteiger partial charge on any atom is -0.144 e. The van der Waals surface area contributed by atoms with E-state index in [-0.39, 0.29) is 0 Å². The molecule has 11 rings (SSSR count). The maximum atomic E-state index is 2.61. The molecule has 0 nitrogen and oxygen atoms in total. The summed E-state index contributed by atoms with van der Waals surface area (Å²) < 4.78 is 2.66. The van der Waals surface area contributed by atoms with Gasteiger partial charge in [-0.1, -0.05) is 119 Å². The number of benzene rings is 7. The van der Waals surface area contributed by atoms with Crippen LogP contribution in [0.15, 0.2) is 156 Å². The second-order valence-electron chi connectivity index (χ2n) is 15.6. The van der Waals surface area contributed by atoms with Crippen molar-refractivity contribution in [3.8, 4) is 22.3 Å². The van der Waals surface area contributed by atoms with Gasteiger partial charge in [-0.3, -0.25) is 0 Å². The summed E-state index contributed by atoms with van der Waals surface area (Å²) in [5.41, 5.74) is 20.1. The number of fused-ring (bicyclic) bond motifs is 8. The van der Waals surface area contributed by atoms with E-state index < -0.39 is 10.8 Å². The molecule has 0 atom stereocenters. The van der Waals surface area contributed by atoms with Gasteiger partial charge in [0.15, 0.2) is 0 Å². The van der Waals surface area contributed by atoms with Crippen LogP contribution in [0.1, 0.15) is 66.8 Å². The van der Waals surface area contributed by atoms with Crippen molar-refractivity contribution in [2.45, 2.75) is 38.5 Å². The van der Waals surface area contributed by atoms with Crippen molar-refractivity contribution in [2.75, 3.05) is 0 Å². The van der Waals surface area contributed by atoms with Crippen molar-refractivity contribution in [1.29, 1.82) is 0 Å². The van der Waals surface area contributed by atoms with Gasteiger partial charge in [0.2, 0.25) is 0 Å². The van der Waals surface area contributed by atoms with Gasteiger partial charge in [-0.25, -0.2) is 0 Å². The third-order valence-electron chi connectivity index (χ3n) is 12.5. The molecule has 0 spiro atoms. The van der Waals surface area contributed by atoms with Crippen LogP contribution in [0.3, 0.4) is 0 Å². The molecule has 0 bridgehead atoms. The molecule has 2 aliphatic rings. The Morgan fingerprint density at radius 1 is 0.315 bits per heavy atom.